The predicted molar refractivity (Wildman–Crippen MR) is 85.9 cm³/mol. The molecule has 1 aromatic heterocycles. The molecule has 0 radical (unpaired) electrons. The first-order valence-electron chi connectivity index (χ1n) is 6.52. The summed E-state index contributed by atoms with van der Waals surface area (Å²) in [7, 11) is 0. The van der Waals surface area contributed by atoms with Crippen molar-refractivity contribution in [1.82, 2.24) is 10.3 Å². The van der Waals surface area contributed by atoms with Crippen molar-refractivity contribution >= 4 is 33.2 Å². The van der Waals surface area contributed by atoms with Crippen molar-refractivity contribution in [3.05, 3.63) is 50.9 Å². The Kier molecular flexibility index (Phi) is 5.31. The molecule has 0 fully saturated rings. The van der Waals surface area contributed by atoms with Gasteiger partial charge in [-0.15, -0.1) is 11.3 Å². The normalized spacial score (nSPS) is 12.4. The van der Waals surface area contributed by atoms with E-state index in [4.69, 9.17) is 0 Å². The van der Waals surface area contributed by atoms with Crippen LogP contribution < -0.4 is 5.32 Å². The Morgan fingerprint density at radius 3 is 2.75 bits per heavy atom. The second-order valence-corrected chi connectivity index (χ2v) is 6.79. The van der Waals surface area contributed by atoms with Gasteiger partial charge in [-0.3, -0.25) is 4.79 Å². The maximum absolute atomic E-state index is 12.4. The van der Waals surface area contributed by atoms with E-state index in [-0.39, 0.29) is 11.9 Å². The van der Waals surface area contributed by atoms with Gasteiger partial charge in [-0.2, -0.15) is 0 Å². The zero-order valence-electron chi connectivity index (χ0n) is 11.5. The smallest absolute Gasteiger partial charge is 0.252 e. The van der Waals surface area contributed by atoms with Gasteiger partial charge in [0.05, 0.1) is 11.6 Å². The fourth-order valence-electron chi connectivity index (χ4n) is 1.98. The fraction of sp³-hybridized carbons (Fsp3) is 0.333. The lowest BCUT2D eigenvalue weighted by Gasteiger charge is -2.19. The van der Waals surface area contributed by atoms with Crippen LogP contribution >= 0.6 is 27.3 Å². The summed E-state index contributed by atoms with van der Waals surface area (Å²) in [6.45, 7) is 4.29. The lowest BCUT2D eigenvalue weighted by Crippen LogP contribution is -2.29. The summed E-state index contributed by atoms with van der Waals surface area (Å²) in [6, 6.07) is 7.41. The van der Waals surface area contributed by atoms with Gasteiger partial charge in [-0.05, 0) is 40.4 Å². The van der Waals surface area contributed by atoms with Crippen LogP contribution in [0.2, 0.25) is 0 Å². The van der Waals surface area contributed by atoms with Crippen LogP contribution in [0.15, 0.2) is 40.3 Å². The SMILES string of the molecule is CC(C)CC(NC(=O)c1ccccc1Br)c1nccs1. The lowest BCUT2D eigenvalue weighted by atomic mass is 10.0. The molecule has 5 heteroatoms. The van der Waals surface area contributed by atoms with Gasteiger partial charge in [0.15, 0.2) is 0 Å². The molecule has 106 valence electrons. The van der Waals surface area contributed by atoms with Gasteiger partial charge in [0.2, 0.25) is 0 Å². The highest BCUT2D eigenvalue weighted by Gasteiger charge is 2.20. The molecule has 0 saturated heterocycles. The maximum Gasteiger partial charge on any atom is 0.252 e. The molecule has 0 aliphatic heterocycles. The van der Waals surface area contributed by atoms with E-state index < -0.39 is 0 Å². The number of hydrogen-bond acceptors (Lipinski definition) is 3. The highest BCUT2D eigenvalue weighted by atomic mass is 79.9. The van der Waals surface area contributed by atoms with Crippen molar-refractivity contribution in [3.63, 3.8) is 0 Å². The largest absolute Gasteiger partial charge is 0.343 e. The summed E-state index contributed by atoms with van der Waals surface area (Å²) < 4.78 is 0.805. The first kappa shape index (κ1) is 15.2. The molecule has 0 bridgehead atoms. The predicted octanol–water partition coefficient (Wildman–Crippen LogP) is 4.42. The van der Waals surface area contributed by atoms with Crippen LogP contribution in [0.1, 0.15) is 41.7 Å². The molecule has 3 nitrogen and oxygen atoms in total. The average molecular weight is 353 g/mol. The third-order valence-corrected chi connectivity index (χ3v) is 4.46. The van der Waals surface area contributed by atoms with Gasteiger partial charge in [-0.25, -0.2) is 4.98 Å². The fourth-order valence-corrected chi connectivity index (χ4v) is 3.15. The second-order valence-electron chi connectivity index (χ2n) is 5.01. The minimum atomic E-state index is -0.0710. The molecule has 0 saturated carbocycles. The number of aromatic nitrogens is 1. The van der Waals surface area contributed by atoms with E-state index in [9.17, 15) is 4.79 Å². The summed E-state index contributed by atoms with van der Waals surface area (Å²) >= 11 is 4.99. The molecule has 0 spiro atoms. The number of benzene rings is 1. The van der Waals surface area contributed by atoms with Crippen LogP contribution in [0.25, 0.3) is 0 Å². The van der Waals surface area contributed by atoms with Gasteiger partial charge in [0, 0.05) is 16.0 Å². The topological polar surface area (TPSA) is 42.0 Å². The monoisotopic (exact) mass is 352 g/mol. The molecular formula is C15H17BrN2OS. The van der Waals surface area contributed by atoms with E-state index in [0.717, 1.165) is 15.9 Å². The van der Waals surface area contributed by atoms with Gasteiger partial charge >= 0.3 is 0 Å². The Hall–Kier alpha value is -1.20. The van der Waals surface area contributed by atoms with Crippen LogP contribution in [0, 0.1) is 5.92 Å². The number of rotatable bonds is 5. The van der Waals surface area contributed by atoms with Crippen molar-refractivity contribution in [2.45, 2.75) is 26.3 Å². The molecule has 1 N–H and O–H groups in total. The molecular weight excluding hydrogens is 336 g/mol. The van der Waals surface area contributed by atoms with Crippen molar-refractivity contribution < 1.29 is 4.79 Å². The second kappa shape index (κ2) is 6.99. The number of thiazole rings is 1. The number of carbonyl (C=O) groups is 1. The summed E-state index contributed by atoms with van der Waals surface area (Å²) in [4.78, 5) is 16.7. The summed E-state index contributed by atoms with van der Waals surface area (Å²) in [5.74, 6) is 0.418. The van der Waals surface area contributed by atoms with Crippen molar-refractivity contribution in [2.24, 2.45) is 5.92 Å². The Balaban J connectivity index is 2.16. The molecule has 0 aliphatic carbocycles. The number of halogens is 1. The first-order valence-corrected chi connectivity index (χ1v) is 8.20. The van der Waals surface area contributed by atoms with Crippen LogP contribution in [-0.4, -0.2) is 10.9 Å². The molecule has 0 aliphatic rings. The average Bonchev–Trinajstić information content (AvgIpc) is 2.91. The minimum absolute atomic E-state index is 0.0328. The third kappa shape index (κ3) is 3.90. The molecule has 2 rings (SSSR count). The van der Waals surface area contributed by atoms with Crippen molar-refractivity contribution in [1.29, 1.82) is 0 Å². The van der Waals surface area contributed by atoms with E-state index in [2.05, 4.69) is 40.1 Å². The molecule has 1 atom stereocenters. The highest BCUT2D eigenvalue weighted by Crippen LogP contribution is 2.24. The first-order chi connectivity index (χ1) is 9.58. The number of hydrogen-bond donors (Lipinski definition) is 1. The van der Waals surface area contributed by atoms with Gasteiger partial charge in [0.25, 0.3) is 5.91 Å². The number of nitrogens with one attached hydrogen (secondary N) is 1. The summed E-state index contributed by atoms with van der Waals surface area (Å²) in [6.07, 6.45) is 2.65. The quantitative estimate of drug-likeness (QED) is 0.864. The molecule has 2 aromatic rings. The zero-order chi connectivity index (χ0) is 14.5. The molecule has 20 heavy (non-hydrogen) atoms. The Morgan fingerprint density at radius 1 is 1.40 bits per heavy atom. The molecule has 1 amide bonds. The Labute approximate surface area is 131 Å². The molecule has 1 unspecified atom stereocenters. The molecule has 1 heterocycles. The van der Waals surface area contributed by atoms with Gasteiger partial charge < -0.3 is 5.32 Å². The highest BCUT2D eigenvalue weighted by molar-refractivity contribution is 9.10. The lowest BCUT2D eigenvalue weighted by molar-refractivity contribution is 0.0931. The van der Waals surface area contributed by atoms with E-state index in [1.165, 1.54) is 0 Å². The number of amides is 1. The van der Waals surface area contributed by atoms with Crippen LogP contribution in [-0.2, 0) is 0 Å². The third-order valence-electron chi connectivity index (χ3n) is 2.88. The van der Waals surface area contributed by atoms with E-state index in [0.29, 0.717) is 11.5 Å². The van der Waals surface area contributed by atoms with Crippen LogP contribution in [0.3, 0.4) is 0 Å². The number of carbonyl (C=O) groups excluding carboxylic acids is 1. The van der Waals surface area contributed by atoms with Crippen molar-refractivity contribution in [2.75, 3.05) is 0 Å². The summed E-state index contributed by atoms with van der Waals surface area (Å²) in [5.41, 5.74) is 0.651. The van der Waals surface area contributed by atoms with Crippen molar-refractivity contribution in [3.8, 4) is 0 Å². The minimum Gasteiger partial charge on any atom is -0.343 e. The van der Waals surface area contributed by atoms with Crippen LogP contribution in [0.5, 0.6) is 0 Å². The Bertz CT molecular complexity index is 569. The standard InChI is InChI=1S/C15H17BrN2OS/c1-10(2)9-13(15-17-7-8-20-15)18-14(19)11-5-3-4-6-12(11)16/h3-8,10,13H,9H2,1-2H3,(H,18,19). The van der Waals surface area contributed by atoms with Crippen LogP contribution in [0.4, 0.5) is 0 Å². The van der Waals surface area contributed by atoms with E-state index in [1.54, 1.807) is 17.5 Å². The number of nitrogens with zero attached hydrogens (tertiary/aromatic N) is 1. The van der Waals surface area contributed by atoms with Gasteiger partial charge in [0.1, 0.15) is 5.01 Å². The summed E-state index contributed by atoms with van der Waals surface area (Å²) in [5, 5.41) is 5.98. The van der Waals surface area contributed by atoms with E-state index in [1.807, 2.05) is 29.6 Å². The maximum atomic E-state index is 12.4. The molecule has 1 aromatic carbocycles. The zero-order valence-corrected chi connectivity index (χ0v) is 13.9. The Morgan fingerprint density at radius 2 is 2.15 bits per heavy atom. The van der Waals surface area contributed by atoms with Gasteiger partial charge in [-0.1, -0.05) is 26.0 Å². The van der Waals surface area contributed by atoms with E-state index >= 15 is 0 Å².